The van der Waals surface area contributed by atoms with Crippen molar-refractivity contribution in [3.05, 3.63) is 71.8 Å². The molecule has 0 unspecified atom stereocenters. The summed E-state index contributed by atoms with van der Waals surface area (Å²) in [5.41, 5.74) is 2.71. The number of ether oxygens (including phenoxy) is 2. The number of methoxy groups -OCH3 is 1. The smallest absolute Gasteiger partial charge is 0.146 e. The minimum absolute atomic E-state index is 0.208. The van der Waals surface area contributed by atoms with Gasteiger partial charge in [0.1, 0.15) is 6.79 Å². The van der Waals surface area contributed by atoms with Crippen LogP contribution in [-0.4, -0.2) is 33.2 Å². The van der Waals surface area contributed by atoms with Crippen molar-refractivity contribution in [2.24, 2.45) is 5.92 Å². The maximum absolute atomic E-state index is 11.2. The highest BCUT2D eigenvalue weighted by Crippen LogP contribution is 2.35. The van der Waals surface area contributed by atoms with Gasteiger partial charge >= 0.3 is 0 Å². The van der Waals surface area contributed by atoms with Crippen LogP contribution in [0.2, 0.25) is 18.6 Å². The second-order valence-electron chi connectivity index (χ2n) is 9.75. The van der Waals surface area contributed by atoms with Crippen molar-refractivity contribution in [3.63, 3.8) is 0 Å². The average Bonchev–Trinajstić information content (AvgIpc) is 2.83. The first-order valence-corrected chi connectivity index (χ1v) is 15.2. The lowest BCUT2D eigenvalue weighted by molar-refractivity contribution is -0.0390. The SMILES string of the molecule is COCOCc1ccc(/C=C/[C@@H](C[C@H](O)C2CCCCC2)[Si](C)(C)c2ccccc2)cc1. The second kappa shape index (κ2) is 12.5. The van der Waals surface area contributed by atoms with Crippen molar-refractivity contribution >= 4 is 19.3 Å². The second-order valence-corrected chi connectivity index (χ2v) is 14.5. The van der Waals surface area contributed by atoms with E-state index in [9.17, 15) is 5.11 Å². The van der Waals surface area contributed by atoms with Gasteiger partial charge in [0.25, 0.3) is 0 Å². The van der Waals surface area contributed by atoms with Crippen LogP contribution >= 0.6 is 0 Å². The van der Waals surface area contributed by atoms with Crippen molar-refractivity contribution < 1.29 is 14.6 Å². The summed E-state index contributed by atoms with van der Waals surface area (Å²) < 4.78 is 10.4. The lowest BCUT2D eigenvalue weighted by Gasteiger charge is -2.35. The Hall–Kier alpha value is -1.72. The zero-order valence-electron chi connectivity index (χ0n) is 20.0. The molecule has 1 N–H and O–H groups in total. The van der Waals surface area contributed by atoms with E-state index >= 15 is 0 Å². The van der Waals surface area contributed by atoms with Gasteiger partial charge in [-0.3, -0.25) is 0 Å². The van der Waals surface area contributed by atoms with E-state index < -0.39 is 8.07 Å². The highest BCUT2D eigenvalue weighted by Gasteiger charge is 2.35. The van der Waals surface area contributed by atoms with Gasteiger partial charge in [0.05, 0.1) is 20.8 Å². The summed E-state index contributed by atoms with van der Waals surface area (Å²) in [5, 5.41) is 12.6. The van der Waals surface area contributed by atoms with Crippen LogP contribution in [0, 0.1) is 5.92 Å². The average molecular weight is 453 g/mol. The van der Waals surface area contributed by atoms with Gasteiger partial charge in [-0.1, -0.05) is 104 Å². The fourth-order valence-electron chi connectivity index (χ4n) is 4.86. The molecular weight excluding hydrogens is 412 g/mol. The minimum atomic E-state index is -1.80. The van der Waals surface area contributed by atoms with Gasteiger partial charge in [0.15, 0.2) is 0 Å². The fourth-order valence-corrected chi connectivity index (χ4v) is 7.75. The first kappa shape index (κ1) is 24.9. The van der Waals surface area contributed by atoms with E-state index in [1.165, 1.54) is 42.9 Å². The minimum Gasteiger partial charge on any atom is -0.393 e. The van der Waals surface area contributed by atoms with Gasteiger partial charge in [0, 0.05) is 7.11 Å². The number of allylic oxidation sites excluding steroid dienone is 1. The van der Waals surface area contributed by atoms with Crippen LogP contribution in [0.3, 0.4) is 0 Å². The molecule has 1 saturated carbocycles. The number of aliphatic hydroxyl groups is 1. The molecule has 2 atom stereocenters. The van der Waals surface area contributed by atoms with E-state index in [-0.39, 0.29) is 6.10 Å². The van der Waals surface area contributed by atoms with Gasteiger partial charge in [-0.15, -0.1) is 0 Å². The zero-order valence-corrected chi connectivity index (χ0v) is 21.0. The third kappa shape index (κ3) is 7.14. The predicted octanol–water partition coefficient (Wildman–Crippen LogP) is 6.14. The third-order valence-electron chi connectivity index (χ3n) is 7.10. The molecule has 0 saturated heterocycles. The predicted molar refractivity (Wildman–Crippen MR) is 137 cm³/mol. The van der Waals surface area contributed by atoms with Crippen LogP contribution in [0.1, 0.15) is 49.7 Å². The van der Waals surface area contributed by atoms with Crippen LogP contribution in [0.15, 0.2) is 60.7 Å². The Kier molecular flexibility index (Phi) is 9.73. The summed E-state index contributed by atoms with van der Waals surface area (Å²) in [6, 6.07) is 19.4. The molecule has 0 spiro atoms. The highest BCUT2D eigenvalue weighted by atomic mass is 28.3. The lowest BCUT2D eigenvalue weighted by Crippen LogP contribution is -2.46. The van der Waals surface area contributed by atoms with Crippen LogP contribution in [0.5, 0.6) is 0 Å². The van der Waals surface area contributed by atoms with Crippen molar-refractivity contribution in [1.82, 2.24) is 0 Å². The molecule has 2 aromatic carbocycles. The van der Waals surface area contributed by atoms with E-state index in [1.54, 1.807) is 7.11 Å². The highest BCUT2D eigenvalue weighted by molar-refractivity contribution is 6.91. The molecule has 0 aliphatic heterocycles. The summed E-state index contributed by atoms with van der Waals surface area (Å²) in [5.74, 6) is 0.464. The first-order chi connectivity index (χ1) is 15.5. The standard InChI is InChI=1S/C28H40O3Si/c1-30-22-31-21-24-16-14-23(15-17-24)18-19-27(20-28(29)25-10-6-4-7-11-25)32(2,3)26-12-8-5-9-13-26/h5,8-9,12-19,25,27-29H,4,6-7,10-11,20-22H2,1-3H3/b19-18+/t27-,28-/m0/s1. The van der Waals surface area contributed by atoms with E-state index in [2.05, 4.69) is 79.8 Å². The van der Waals surface area contributed by atoms with Gasteiger partial charge in [-0.2, -0.15) is 0 Å². The van der Waals surface area contributed by atoms with Crippen LogP contribution in [-0.2, 0) is 16.1 Å². The maximum atomic E-state index is 11.2. The molecule has 0 radical (unpaired) electrons. The lowest BCUT2D eigenvalue weighted by atomic mass is 9.83. The number of rotatable bonds is 11. The van der Waals surface area contributed by atoms with Crippen molar-refractivity contribution in [2.75, 3.05) is 13.9 Å². The molecule has 3 nitrogen and oxygen atoms in total. The van der Waals surface area contributed by atoms with E-state index in [4.69, 9.17) is 9.47 Å². The summed E-state index contributed by atoms with van der Waals surface area (Å²) in [6.07, 6.45) is 11.5. The summed E-state index contributed by atoms with van der Waals surface area (Å²) in [6.45, 7) is 5.76. The van der Waals surface area contributed by atoms with Crippen molar-refractivity contribution in [1.29, 1.82) is 0 Å². The third-order valence-corrected chi connectivity index (χ3v) is 11.2. The molecule has 0 amide bonds. The molecule has 0 aromatic heterocycles. The van der Waals surface area contributed by atoms with Crippen molar-refractivity contribution in [3.8, 4) is 0 Å². The zero-order chi connectivity index (χ0) is 22.8. The van der Waals surface area contributed by atoms with E-state index in [1.807, 2.05) is 0 Å². The van der Waals surface area contributed by atoms with E-state index in [0.717, 1.165) is 12.0 Å². The van der Waals surface area contributed by atoms with Crippen LogP contribution < -0.4 is 5.19 Å². The normalized spacial score (nSPS) is 17.5. The Morgan fingerprint density at radius 2 is 1.69 bits per heavy atom. The Morgan fingerprint density at radius 3 is 2.34 bits per heavy atom. The van der Waals surface area contributed by atoms with Crippen LogP contribution in [0.25, 0.3) is 6.08 Å². The molecule has 32 heavy (non-hydrogen) atoms. The summed E-state index contributed by atoms with van der Waals surface area (Å²) in [7, 11) is -0.168. The Bertz CT molecular complexity index is 810. The molecule has 1 aliphatic rings. The molecule has 4 heteroatoms. The summed E-state index contributed by atoms with van der Waals surface area (Å²) >= 11 is 0. The van der Waals surface area contributed by atoms with Gasteiger partial charge in [-0.05, 0) is 41.8 Å². The number of hydrogen-bond donors (Lipinski definition) is 1. The molecule has 1 fully saturated rings. The quantitative estimate of drug-likeness (QED) is 0.253. The molecule has 0 heterocycles. The Morgan fingerprint density at radius 1 is 1.00 bits per heavy atom. The van der Waals surface area contributed by atoms with Crippen molar-refractivity contribution in [2.45, 2.75) is 69.9 Å². The molecule has 0 bridgehead atoms. The first-order valence-electron chi connectivity index (χ1n) is 12.1. The fraction of sp³-hybridized carbons (Fsp3) is 0.500. The molecular formula is C28H40O3Si. The van der Waals surface area contributed by atoms with E-state index in [0.29, 0.717) is 24.9 Å². The Labute approximate surface area is 195 Å². The van der Waals surface area contributed by atoms with Gasteiger partial charge < -0.3 is 14.6 Å². The summed E-state index contributed by atoms with van der Waals surface area (Å²) in [4.78, 5) is 0. The van der Waals surface area contributed by atoms with Gasteiger partial charge in [-0.25, -0.2) is 0 Å². The molecule has 2 aromatic rings. The largest absolute Gasteiger partial charge is 0.393 e. The number of hydrogen-bond acceptors (Lipinski definition) is 3. The maximum Gasteiger partial charge on any atom is 0.146 e. The van der Waals surface area contributed by atoms with Gasteiger partial charge in [0.2, 0.25) is 0 Å². The number of aliphatic hydroxyl groups excluding tert-OH is 1. The monoisotopic (exact) mass is 452 g/mol. The van der Waals surface area contributed by atoms with Crippen LogP contribution in [0.4, 0.5) is 0 Å². The molecule has 1 aliphatic carbocycles. The molecule has 174 valence electrons. The number of benzene rings is 2. The molecule has 3 rings (SSSR count). The Balaban J connectivity index is 1.75. The topological polar surface area (TPSA) is 38.7 Å².